The summed E-state index contributed by atoms with van der Waals surface area (Å²) < 4.78 is 2.25. The fourth-order valence-corrected chi connectivity index (χ4v) is 3.94. The van der Waals surface area contributed by atoms with Crippen molar-refractivity contribution < 1.29 is 0 Å². The number of H-pyrrole nitrogens is 1. The van der Waals surface area contributed by atoms with Crippen molar-refractivity contribution in [2.24, 2.45) is 7.05 Å². The third-order valence-corrected chi connectivity index (χ3v) is 5.55. The number of rotatable bonds is 3. The molecule has 27 heavy (non-hydrogen) atoms. The normalized spacial score (nSPS) is 13.0. The number of aromatic amines is 1. The molecular weight excluding hydrogens is 332 g/mol. The van der Waals surface area contributed by atoms with Crippen LogP contribution in [-0.4, -0.2) is 19.5 Å². The van der Waals surface area contributed by atoms with E-state index >= 15 is 0 Å². The highest BCUT2D eigenvalue weighted by Gasteiger charge is 2.27. The van der Waals surface area contributed by atoms with Gasteiger partial charge in [0.05, 0.1) is 22.7 Å². The van der Waals surface area contributed by atoms with E-state index in [2.05, 4.69) is 86.5 Å². The van der Waals surface area contributed by atoms with Crippen molar-refractivity contribution in [1.29, 1.82) is 0 Å². The van der Waals surface area contributed by atoms with E-state index in [1.165, 1.54) is 22.2 Å². The summed E-state index contributed by atoms with van der Waals surface area (Å²) in [6, 6.07) is 10.9. The molecule has 4 heteroatoms. The average Bonchev–Trinajstić information content (AvgIpc) is 3.14. The molecule has 0 bridgehead atoms. The van der Waals surface area contributed by atoms with Crippen LogP contribution in [0.4, 0.5) is 0 Å². The molecule has 0 atom stereocenters. The van der Waals surface area contributed by atoms with Crippen LogP contribution in [0.15, 0.2) is 42.7 Å². The molecule has 0 fully saturated rings. The van der Waals surface area contributed by atoms with Gasteiger partial charge in [0, 0.05) is 36.2 Å². The van der Waals surface area contributed by atoms with Crippen molar-refractivity contribution in [2.45, 2.75) is 51.9 Å². The smallest absolute Gasteiger partial charge is 0.108 e. The lowest BCUT2D eigenvalue weighted by Gasteiger charge is -2.24. The first kappa shape index (κ1) is 17.8. The Morgan fingerprint density at radius 1 is 1.04 bits per heavy atom. The number of nitrogens with zero attached hydrogens (tertiary/aromatic N) is 3. The summed E-state index contributed by atoms with van der Waals surface area (Å²) >= 11 is 0. The lowest BCUT2D eigenvalue weighted by molar-refractivity contribution is 0.479. The predicted molar refractivity (Wildman–Crippen MR) is 112 cm³/mol. The molecule has 140 valence electrons. The lowest BCUT2D eigenvalue weighted by atomic mass is 9.85. The lowest BCUT2D eigenvalue weighted by Crippen LogP contribution is -2.24. The van der Waals surface area contributed by atoms with Crippen LogP contribution in [0, 0.1) is 0 Å². The summed E-state index contributed by atoms with van der Waals surface area (Å²) in [5.74, 6) is 1.03. The monoisotopic (exact) mass is 360 g/mol. The van der Waals surface area contributed by atoms with Gasteiger partial charge in [-0.05, 0) is 35.2 Å². The van der Waals surface area contributed by atoms with E-state index in [0.717, 1.165) is 23.3 Å². The van der Waals surface area contributed by atoms with Gasteiger partial charge in [0.1, 0.15) is 5.82 Å². The number of benzene rings is 1. The van der Waals surface area contributed by atoms with E-state index < -0.39 is 0 Å². The molecule has 4 nitrogen and oxygen atoms in total. The van der Waals surface area contributed by atoms with E-state index in [4.69, 9.17) is 4.98 Å². The number of hydrogen-bond acceptors (Lipinski definition) is 2. The van der Waals surface area contributed by atoms with Crippen molar-refractivity contribution in [3.63, 3.8) is 0 Å². The molecule has 3 heterocycles. The van der Waals surface area contributed by atoms with Crippen LogP contribution >= 0.6 is 0 Å². The Morgan fingerprint density at radius 2 is 1.81 bits per heavy atom. The Bertz CT molecular complexity index is 1120. The van der Waals surface area contributed by atoms with Crippen molar-refractivity contribution in [2.75, 3.05) is 0 Å². The van der Waals surface area contributed by atoms with E-state index in [-0.39, 0.29) is 10.8 Å². The average molecular weight is 361 g/mol. The van der Waals surface area contributed by atoms with Gasteiger partial charge < -0.3 is 9.55 Å². The number of hydrogen-bond donors (Lipinski definition) is 1. The molecule has 0 aliphatic heterocycles. The summed E-state index contributed by atoms with van der Waals surface area (Å²) in [6.45, 7) is 11.3. The van der Waals surface area contributed by atoms with Gasteiger partial charge in [-0.25, -0.2) is 4.98 Å². The molecule has 0 aliphatic rings. The highest BCUT2D eigenvalue weighted by Crippen LogP contribution is 2.32. The number of aromatic nitrogens is 4. The van der Waals surface area contributed by atoms with Crippen molar-refractivity contribution in [3.8, 4) is 0 Å². The molecule has 0 saturated heterocycles. The Kier molecular flexibility index (Phi) is 3.91. The SMILES string of the molecule is Cn1c(C(C)(C)Cc2nc3ccc(C(C)(C)C)cc3[nH]2)cc2ccncc21. The first-order valence-corrected chi connectivity index (χ1v) is 9.54. The Morgan fingerprint density at radius 3 is 2.52 bits per heavy atom. The fourth-order valence-electron chi connectivity index (χ4n) is 3.94. The van der Waals surface area contributed by atoms with E-state index in [9.17, 15) is 0 Å². The zero-order valence-electron chi connectivity index (χ0n) is 17.1. The topological polar surface area (TPSA) is 46.5 Å². The van der Waals surface area contributed by atoms with Crippen LogP contribution in [-0.2, 0) is 24.3 Å². The first-order chi connectivity index (χ1) is 12.6. The number of fused-ring (bicyclic) bond motifs is 2. The molecule has 4 aromatic rings. The molecule has 0 amide bonds. The summed E-state index contributed by atoms with van der Waals surface area (Å²) in [4.78, 5) is 12.7. The van der Waals surface area contributed by atoms with Crippen LogP contribution in [0.3, 0.4) is 0 Å². The van der Waals surface area contributed by atoms with E-state index in [1.54, 1.807) is 0 Å². The number of imidazole rings is 1. The molecule has 0 unspecified atom stereocenters. The third kappa shape index (κ3) is 3.14. The van der Waals surface area contributed by atoms with Gasteiger partial charge in [0.25, 0.3) is 0 Å². The minimum absolute atomic E-state index is 0.0471. The first-order valence-electron chi connectivity index (χ1n) is 9.54. The number of pyridine rings is 1. The minimum Gasteiger partial charge on any atom is -0.346 e. The maximum absolute atomic E-state index is 4.85. The molecule has 4 rings (SSSR count). The van der Waals surface area contributed by atoms with Crippen LogP contribution < -0.4 is 0 Å². The van der Waals surface area contributed by atoms with E-state index in [1.807, 2.05) is 12.4 Å². The fraction of sp³-hybridized carbons (Fsp3) is 0.391. The standard InChI is InChI=1S/C23H28N4/c1-22(2,3)16-7-8-17-18(12-16)26-21(25-17)13-23(4,5)20-11-15-9-10-24-14-19(15)27(20)6/h7-12,14H,13H2,1-6H3,(H,25,26). The van der Waals surface area contributed by atoms with Crippen molar-refractivity contribution in [1.82, 2.24) is 19.5 Å². The van der Waals surface area contributed by atoms with E-state index in [0.29, 0.717) is 0 Å². The van der Waals surface area contributed by atoms with Gasteiger partial charge in [-0.2, -0.15) is 0 Å². The van der Waals surface area contributed by atoms with Crippen LogP contribution in [0.1, 0.15) is 51.7 Å². The zero-order valence-corrected chi connectivity index (χ0v) is 17.1. The highest BCUT2D eigenvalue weighted by atomic mass is 15.0. The van der Waals surface area contributed by atoms with Gasteiger partial charge in [-0.3, -0.25) is 4.98 Å². The number of aryl methyl sites for hydroxylation is 1. The summed E-state index contributed by atoms with van der Waals surface area (Å²) in [6.07, 6.45) is 4.64. The molecule has 0 saturated carbocycles. The summed E-state index contributed by atoms with van der Waals surface area (Å²) in [5.41, 5.74) is 6.03. The minimum atomic E-state index is -0.0471. The summed E-state index contributed by atoms with van der Waals surface area (Å²) in [5, 5.41) is 1.23. The third-order valence-electron chi connectivity index (χ3n) is 5.55. The van der Waals surface area contributed by atoms with Crippen LogP contribution in [0.2, 0.25) is 0 Å². The highest BCUT2D eigenvalue weighted by molar-refractivity contribution is 5.80. The second-order valence-corrected chi connectivity index (χ2v) is 9.25. The zero-order chi connectivity index (χ0) is 19.4. The maximum Gasteiger partial charge on any atom is 0.108 e. The van der Waals surface area contributed by atoms with Gasteiger partial charge in [0.2, 0.25) is 0 Å². The second-order valence-electron chi connectivity index (χ2n) is 9.25. The van der Waals surface area contributed by atoms with Gasteiger partial charge in [-0.15, -0.1) is 0 Å². The molecule has 0 radical (unpaired) electrons. The Labute approximate surface area is 160 Å². The second kappa shape index (κ2) is 5.95. The summed E-state index contributed by atoms with van der Waals surface area (Å²) in [7, 11) is 2.12. The quantitative estimate of drug-likeness (QED) is 0.541. The maximum atomic E-state index is 4.85. The van der Waals surface area contributed by atoms with Gasteiger partial charge >= 0.3 is 0 Å². The van der Waals surface area contributed by atoms with Crippen LogP contribution in [0.25, 0.3) is 21.9 Å². The molecule has 3 aromatic heterocycles. The predicted octanol–water partition coefficient (Wildman–Crippen LogP) is 5.27. The van der Waals surface area contributed by atoms with Gasteiger partial charge in [-0.1, -0.05) is 40.7 Å². The van der Waals surface area contributed by atoms with Crippen molar-refractivity contribution >= 4 is 21.9 Å². The Balaban J connectivity index is 1.70. The number of nitrogens with one attached hydrogen (secondary N) is 1. The molecule has 1 aromatic carbocycles. The molecule has 0 aliphatic carbocycles. The Hall–Kier alpha value is -2.62. The van der Waals surface area contributed by atoms with Gasteiger partial charge in [0.15, 0.2) is 0 Å². The van der Waals surface area contributed by atoms with Crippen LogP contribution in [0.5, 0.6) is 0 Å². The van der Waals surface area contributed by atoms with Crippen molar-refractivity contribution in [3.05, 3.63) is 59.8 Å². The largest absolute Gasteiger partial charge is 0.346 e. The molecular formula is C23H28N4. The molecule has 0 spiro atoms. The molecule has 1 N–H and O–H groups in total.